The molecule has 6 heteroatoms. The largest absolute Gasteiger partial charge is 0.497 e. The number of aliphatic imine (C=N–C) groups is 1. The number of hydrogen-bond donors (Lipinski definition) is 0. The molecule has 0 aliphatic carbocycles. The normalized spacial score (nSPS) is 15.0. The molecule has 3 rings (SSSR count). The second kappa shape index (κ2) is 8.23. The maximum Gasteiger partial charge on any atom is 0.363 e. The molecule has 0 unspecified atom stereocenters. The molecule has 6 nitrogen and oxygen atoms in total. The third-order valence-corrected chi connectivity index (χ3v) is 3.90. The van der Waals surface area contributed by atoms with Crippen LogP contribution in [0.1, 0.15) is 11.1 Å². The van der Waals surface area contributed by atoms with Crippen LogP contribution in [-0.2, 0) is 9.53 Å². The summed E-state index contributed by atoms with van der Waals surface area (Å²) in [6.07, 6.45) is 5.06. The molecule has 1 aliphatic rings. The molecule has 0 fully saturated rings. The quantitative estimate of drug-likeness (QED) is 0.577. The highest BCUT2D eigenvalue weighted by Gasteiger charge is 2.21. The van der Waals surface area contributed by atoms with Crippen molar-refractivity contribution in [2.24, 2.45) is 4.99 Å². The fourth-order valence-electron chi connectivity index (χ4n) is 2.48. The average molecular weight is 365 g/mol. The molecule has 0 saturated heterocycles. The van der Waals surface area contributed by atoms with Crippen molar-refractivity contribution < 1.29 is 23.7 Å². The Bertz CT molecular complexity index is 926. The van der Waals surface area contributed by atoms with E-state index in [0.717, 1.165) is 11.3 Å². The number of carbonyl (C=O) groups excluding carboxylic acids is 1. The minimum absolute atomic E-state index is 0.191. The Hall–Kier alpha value is -3.54. The van der Waals surface area contributed by atoms with Crippen molar-refractivity contribution in [1.29, 1.82) is 0 Å². The molecule has 1 heterocycles. The van der Waals surface area contributed by atoms with Crippen LogP contribution in [0.2, 0.25) is 0 Å². The van der Waals surface area contributed by atoms with Gasteiger partial charge in [0.2, 0.25) is 5.90 Å². The first-order valence-electron chi connectivity index (χ1n) is 8.19. The van der Waals surface area contributed by atoms with E-state index in [9.17, 15) is 4.79 Å². The van der Waals surface area contributed by atoms with Gasteiger partial charge in [-0.1, -0.05) is 12.1 Å². The molecule has 0 N–H and O–H groups in total. The first-order chi connectivity index (χ1) is 13.1. The number of esters is 1. The molecule has 1 aliphatic heterocycles. The summed E-state index contributed by atoms with van der Waals surface area (Å²) in [7, 11) is 4.74. The summed E-state index contributed by atoms with van der Waals surface area (Å²) < 4.78 is 20.9. The van der Waals surface area contributed by atoms with Crippen LogP contribution < -0.4 is 14.2 Å². The number of nitrogens with zero attached hydrogens (tertiary/aromatic N) is 1. The van der Waals surface area contributed by atoms with E-state index < -0.39 is 5.97 Å². The Kier molecular flexibility index (Phi) is 5.56. The van der Waals surface area contributed by atoms with E-state index in [1.807, 2.05) is 24.3 Å². The zero-order chi connectivity index (χ0) is 19.2. The van der Waals surface area contributed by atoms with Gasteiger partial charge in [-0.05, 0) is 48.0 Å². The monoisotopic (exact) mass is 365 g/mol. The third kappa shape index (κ3) is 4.36. The van der Waals surface area contributed by atoms with Crippen LogP contribution in [0.5, 0.6) is 17.2 Å². The molecular formula is C21H19NO5. The number of methoxy groups -OCH3 is 3. The number of benzene rings is 2. The highest BCUT2D eigenvalue weighted by atomic mass is 16.6. The van der Waals surface area contributed by atoms with E-state index in [1.54, 1.807) is 57.8 Å². The molecule has 27 heavy (non-hydrogen) atoms. The van der Waals surface area contributed by atoms with Crippen molar-refractivity contribution in [1.82, 2.24) is 0 Å². The first-order valence-corrected chi connectivity index (χ1v) is 8.19. The average Bonchev–Trinajstić information content (AvgIpc) is 3.06. The van der Waals surface area contributed by atoms with E-state index in [1.165, 1.54) is 0 Å². The number of rotatable bonds is 6. The van der Waals surface area contributed by atoms with Gasteiger partial charge in [0.15, 0.2) is 5.70 Å². The van der Waals surface area contributed by atoms with Gasteiger partial charge in [0, 0.05) is 11.6 Å². The Balaban J connectivity index is 1.83. The number of carbonyl (C=O) groups is 1. The van der Waals surface area contributed by atoms with Gasteiger partial charge in [-0.15, -0.1) is 0 Å². The van der Waals surface area contributed by atoms with Gasteiger partial charge >= 0.3 is 5.97 Å². The van der Waals surface area contributed by atoms with Crippen LogP contribution in [0.15, 0.2) is 59.2 Å². The van der Waals surface area contributed by atoms with Crippen molar-refractivity contribution in [3.8, 4) is 17.2 Å². The molecule has 0 atom stereocenters. The molecule has 138 valence electrons. The predicted molar refractivity (Wildman–Crippen MR) is 103 cm³/mol. The van der Waals surface area contributed by atoms with Gasteiger partial charge in [-0.2, -0.15) is 0 Å². The third-order valence-electron chi connectivity index (χ3n) is 3.90. The molecule has 0 radical (unpaired) electrons. The van der Waals surface area contributed by atoms with E-state index in [0.29, 0.717) is 17.1 Å². The van der Waals surface area contributed by atoms with Crippen molar-refractivity contribution in [3.05, 3.63) is 65.4 Å². The Labute approximate surface area is 157 Å². The van der Waals surface area contributed by atoms with Crippen LogP contribution in [0.3, 0.4) is 0 Å². The Morgan fingerprint density at radius 2 is 1.59 bits per heavy atom. The highest BCUT2D eigenvalue weighted by molar-refractivity contribution is 6.11. The summed E-state index contributed by atoms with van der Waals surface area (Å²) in [5, 5.41) is 0. The maximum absolute atomic E-state index is 12.1. The van der Waals surface area contributed by atoms with Gasteiger partial charge in [-0.3, -0.25) is 0 Å². The van der Waals surface area contributed by atoms with E-state index in [2.05, 4.69) is 4.99 Å². The Morgan fingerprint density at radius 1 is 0.889 bits per heavy atom. The zero-order valence-corrected chi connectivity index (χ0v) is 15.3. The summed E-state index contributed by atoms with van der Waals surface area (Å²) in [6.45, 7) is 0. The molecule has 0 bridgehead atoms. The summed E-state index contributed by atoms with van der Waals surface area (Å²) in [5.41, 5.74) is 1.80. The van der Waals surface area contributed by atoms with Crippen LogP contribution in [0, 0.1) is 0 Å². The van der Waals surface area contributed by atoms with E-state index >= 15 is 0 Å². The van der Waals surface area contributed by atoms with Gasteiger partial charge in [0.25, 0.3) is 0 Å². The van der Waals surface area contributed by atoms with Gasteiger partial charge < -0.3 is 18.9 Å². The van der Waals surface area contributed by atoms with Crippen molar-refractivity contribution >= 4 is 24.0 Å². The number of ether oxygens (including phenoxy) is 4. The van der Waals surface area contributed by atoms with Crippen molar-refractivity contribution in [2.45, 2.75) is 0 Å². The van der Waals surface area contributed by atoms with Crippen molar-refractivity contribution in [3.63, 3.8) is 0 Å². The van der Waals surface area contributed by atoms with E-state index in [4.69, 9.17) is 18.9 Å². The van der Waals surface area contributed by atoms with Crippen molar-refractivity contribution in [2.75, 3.05) is 21.3 Å². The second-order valence-corrected chi connectivity index (χ2v) is 5.58. The zero-order valence-electron chi connectivity index (χ0n) is 15.3. The predicted octanol–water partition coefficient (Wildman–Crippen LogP) is 3.72. The molecule has 0 spiro atoms. The topological polar surface area (TPSA) is 66.3 Å². The summed E-state index contributed by atoms with van der Waals surface area (Å²) >= 11 is 0. The Morgan fingerprint density at radius 3 is 2.26 bits per heavy atom. The lowest BCUT2D eigenvalue weighted by atomic mass is 10.1. The smallest absolute Gasteiger partial charge is 0.363 e. The van der Waals surface area contributed by atoms with Gasteiger partial charge in [0.05, 0.1) is 21.3 Å². The lowest BCUT2D eigenvalue weighted by Crippen LogP contribution is -2.01. The fraction of sp³-hybridized carbons (Fsp3) is 0.143. The lowest BCUT2D eigenvalue weighted by molar-refractivity contribution is -0.129. The van der Waals surface area contributed by atoms with Gasteiger partial charge in [0.1, 0.15) is 17.2 Å². The maximum atomic E-state index is 12.1. The SMILES string of the molecule is COc1ccc(/C=C/C2=NC(=Cc3cc(OC)ccc3OC)C(=O)O2)cc1. The molecular weight excluding hydrogens is 346 g/mol. The number of cyclic esters (lactones) is 1. The molecule has 2 aromatic carbocycles. The van der Waals surface area contributed by atoms with Gasteiger partial charge in [-0.25, -0.2) is 9.79 Å². The molecule has 2 aromatic rings. The molecule has 0 amide bonds. The summed E-state index contributed by atoms with van der Waals surface area (Å²) in [6, 6.07) is 12.8. The van der Waals surface area contributed by atoms with Crippen LogP contribution in [0.4, 0.5) is 0 Å². The minimum atomic E-state index is -0.519. The molecule has 0 aromatic heterocycles. The molecule has 0 saturated carbocycles. The van der Waals surface area contributed by atoms with Crippen LogP contribution in [-0.4, -0.2) is 33.2 Å². The highest BCUT2D eigenvalue weighted by Crippen LogP contribution is 2.27. The standard InChI is InChI=1S/C21H19NO5/c1-24-16-7-4-14(5-8-16)6-11-20-22-18(21(23)27-20)13-15-12-17(25-2)9-10-19(15)26-3/h4-13H,1-3H3/b11-6+,18-13?. The first kappa shape index (κ1) is 18.3. The minimum Gasteiger partial charge on any atom is -0.497 e. The second-order valence-electron chi connectivity index (χ2n) is 5.58. The fourth-order valence-corrected chi connectivity index (χ4v) is 2.48. The summed E-state index contributed by atoms with van der Waals surface area (Å²) in [5.74, 6) is 1.73. The van der Waals surface area contributed by atoms with Crippen LogP contribution >= 0.6 is 0 Å². The summed E-state index contributed by atoms with van der Waals surface area (Å²) in [4.78, 5) is 16.4. The number of hydrogen-bond acceptors (Lipinski definition) is 6. The van der Waals surface area contributed by atoms with Crippen LogP contribution in [0.25, 0.3) is 12.2 Å². The lowest BCUT2D eigenvalue weighted by Gasteiger charge is -2.07. The van der Waals surface area contributed by atoms with E-state index in [-0.39, 0.29) is 11.6 Å².